The van der Waals surface area contributed by atoms with E-state index < -0.39 is 6.10 Å². The Kier molecular flexibility index (Phi) is 42.6. The number of carbonyl (C=O) groups excluding carboxylic acids is 3. The van der Waals surface area contributed by atoms with Gasteiger partial charge in [-0.15, -0.1) is 0 Å². The molecule has 0 rings (SSSR count). The maximum atomic E-state index is 12.7. The number of allylic oxidation sites excluding steroid dienone is 4. The van der Waals surface area contributed by atoms with Crippen molar-refractivity contribution in [2.45, 2.75) is 237 Å². The number of hydrogen-bond acceptors (Lipinski definition) is 8. The van der Waals surface area contributed by atoms with Crippen molar-refractivity contribution in [2.75, 3.05) is 19.0 Å². The zero-order valence-corrected chi connectivity index (χ0v) is 37.6. The summed E-state index contributed by atoms with van der Waals surface area (Å²) >= 11 is 8.81. The smallest absolute Gasteiger partial charge is 0.306 e. The van der Waals surface area contributed by atoms with Gasteiger partial charge in [-0.3, -0.25) is 14.4 Å². The Hall–Kier alpha value is -1.41. The summed E-state index contributed by atoms with van der Waals surface area (Å²) in [5, 5.41) is 0.292. The largest absolute Gasteiger partial charge is 0.462 e. The van der Waals surface area contributed by atoms with E-state index in [1.807, 2.05) is 0 Å². The maximum Gasteiger partial charge on any atom is 0.306 e. The predicted molar refractivity (Wildman–Crippen MR) is 240 cm³/mol. The number of thiol groups is 2. The van der Waals surface area contributed by atoms with Crippen molar-refractivity contribution < 1.29 is 28.6 Å². The first-order valence-corrected chi connectivity index (χ1v) is 24.2. The van der Waals surface area contributed by atoms with Gasteiger partial charge in [0.2, 0.25) is 0 Å². The molecule has 0 aliphatic carbocycles. The van der Waals surface area contributed by atoms with Crippen LogP contribution in [0.4, 0.5) is 0 Å². The van der Waals surface area contributed by atoms with E-state index in [2.05, 4.69) is 63.4 Å². The molecular formula is C47H86O6S2. The summed E-state index contributed by atoms with van der Waals surface area (Å²) in [6, 6.07) is 0. The van der Waals surface area contributed by atoms with Crippen LogP contribution in [0.1, 0.15) is 226 Å². The van der Waals surface area contributed by atoms with Crippen molar-refractivity contribution in [3.63, 3.8) is 0 Å². The molecule has 55 heavy (non-hydrogen) atoms. The van der Waals surface area contributed by atoms with Crippen LogP contribution < -0.4 is 0 Å². The molecule has 8 heteroatoms. The number of ether oxygens (including phenoxy) is 3. The Balaban J connectivity index is 4.33. The molecule has 0 radical (unpaired) electrons. The summed E-state index contributed by atoms with van der Waals surface area (Å²) in [7, 11) is 0. The second-order valence-corrected chi connectivity index (χ2v) is 16.7. The second kappa shape index (κ2) is 43.7. The van der Waals surface area contributed by atoms with Crippen LogP contribution in [0.15, 0.2) is 24.3 Å². The van der Waals surface area contributed by atoms with E-state index in [-0.39, 0.29) is 31.1 Å². The van der Waals surface area contributed by atoms with Gasteiger partial charge in [-0.25, -0.2) is 0 Å². The lowest BCUT2D eigenvalue weighted by molar-refractivity contribution is -0.167. The molecule has 322 valence electrons. The summed E-state index contributed by atoms with van der Waals surface area (Å²) in [5.41, 5.74) is 0. The van der Waals surface area contributed by atoms with Crippen molar-refractivity contribution in [3.05, 3.63) is 24.3 Å². The third kappa shape index (κ3) is 42.0. The van der Waals surface area contributed by atoms with Crippen LogP contribution in [0.25, 0.3) is 0 Å². The van der Waals surface area contributed by atoms with Gasteiger partial charge in [-0.2, -0.15) is 25.3 Å². The Morgan fingerprint density at radius 3 is 1.20 bits per heavy atom. The molecular weight excluding hydrogens is 725 g/mol. The third-order valence-electron chi connectivity index (χ3n) is 10.1. The number of rotatable bonds is 42. The SMILES string of the molecule is CCCCCCCC/C=C\CCCCCCCC(=O)OCC(COC(=O)CCCCC(S)CCS)OC(=O)CCCCCCC/C=C\CCCCCCCC. The van der Waals surface area contributed by atoms with Gasteiger partial charge in [0, 0.05) is 24.5 Å². The molecule has 0 N–H and O–H groups in total. The lowest BCUT2D eigenvalue weighted by Gasteiger charge is -2.18. The minimum Gasteiger partial charge on any atom is -0.462 e. The van der Waals surface area contributed by atoms with Crippen LogP contribution in [0, 0.1) is 0 Å². The van der Waals surface area contributed by atoms with E-state index in [0.29, 0.717) is 30.9 Å². The van der Waals surface area contributed by atoms with Gasteiger partial charge in [0.15, 0.2) is 6.10 Å². The van der Waals surface area contributed by atoms with Gasteiger partial charge in [-0.05, 0) is 89.2 Å². The Morgan fingerprint density at radius 1 is 0.455 bits per heavy atom. The van der Waals surface area contributed by atoms with Crippen molar-refractivity contribution in [1.82, 2.24) is 0 Å². The van der Waals surface area contributed by atoms with Crippen LogP contribution in [0.3, 0.4) is 0 Å². The first-order valence-electron chi connectivity index (χ1n) is 23.0. The first kappa shape index (κ1) is 53.6. The minimum absolute atomic E-state index is 0.0969. The Morgan fingerprint density at radius 2 is 0.800 bits per heavy atom. The van der Waals surface area contributed by atoms with Crippen LogP contribution in [-0.4, -0.2) is 48.2 Å². The molecule has 0 aromatic carbocycles. The normalized spacial score (nSPS) is 12.7. The predicted octanol–water partition coefficient (Wildman–Crippen LogP) is 14.2. The maximum absolute atomic E-state index is 12.7. The molecule has 0 amide bonds. The highest BCUT2D eigenvalue weighted by molar-refractivity contribution is 7.81. The standard InChI is InChI=1S/C47H86O6S2/c1-3-5-7-9-11-13-15-17-19-21-23-25-27-29-31-36-45(48)51-41-43(42-52-46(49)37-34-33-35-44(55)39-40-54)53-47(50)38-32-30-28-26-24-22-20-18-16-14-12-10-8-6-4-2/h17-20,43-44,54-55H,3-16,21-42H2,1-2H3/b19-17-,20-18-. The van der Waals surface area contributed by atoms with Gasteiger partial charge >= 0.3 is 17.9 Å². The fourth-order valence-corrected chi connectivity index (χ4v) is 7.33. The molecule has 0 saturated heterocycles. The fourth-order valence-electron chi connectivity index (χ4n) is 6.50. The molecule has 0 aliphatic rings. The molecule has 0 aliphatic heterocycles. The fraction of sp³-hybridized carbons (Fsp3) is 0.851. The van der Waals surface area contributed by atoms with Crippen LogP contribution in [0.2, 0.25) is 0 Å². The van der Waals surface area contributed by atoms with Crippen molar-refractivity contribution in [3.8, 4) is 0 Å². The second-order valence-electron chi connectivity index (χ2n) is 15.6. The molecule has 0 aromatic rings. The first-order chi connectivity index (χ1) is 26.9. The molecule has 0 aromatic heterocycles. The zero-order chi connectivity index (χ0) is 40.3. The summed E-state index contributed by atoms with van der Waals surface area (Å²) in [6.07, 6.45) is 44.1. The van der Waals surface area contributed by atoms with Crippen molar-refractivity contribution in [2.24, 2.45) is 0 Å². The lowest BCUT2D eigenvalue weighted by atomic mass is 10.1. The van der Waals surface area contributed by atoms with E-state index in [0.717, 1.165) is 82.8 Å². The van der Waals surface area contributed by atoms with Gasteiger partial charge in [0.1, 0.15) is 13.2 Å². The average Bonchev–Trinajstić information content (AvgIpc) is 3.17. The van der Waals surface area contributed by atoms with Gasteiger partial charge in [0.05, 0.1) is 0 Å². The van der Waals surface area contributed by atoms with Gasteiger partial charge in [-0.1, -0.05) is 147 Å². The van der Waals surface area contributed by atoms with E-state index in [4.69, 9.17) is 14.2 Å². The molecule has 0 heterocycles. The third-order valence-corrected chi connectivity index (χ3v) is 10.8. The highest BCUT2D eigenvalue weighted by Crippen LogP contribution is 2.15. The van der Waals surface area contributed by atoms with Crippen molar-refractivity contribution >= 4 is 43.2 Å². The molecule has 2 atom stereocenters. The number of unbranched alkanes of at least 4 members (excludes halogenated alkanes) is 23. The average molecular weight is 811 g/mol. The van der Waals surface area contributed by atoms with Gasteiger partial charge in [0.25, 0.3) is 0 Å². The molecule has 2 unspecified atom stereocenters. The number of hydrogen-bond donors (Lipinski definition) is 2. The Bertz CT molecular complexity index is 923. The molecule has 0 fully saturated rings. The van der Waals surface area contributed by atoms with Crippen LogP contribution >= 0.6 is 25.3 Å². The van der Waals surface area contributed by atoms with Crippen LogP contribution in [-0.2, 0) is 28.6 Å². The topological polar surface area (TPSA) is 78.9 Å². The van der Waals surface area contributed by atoms with E-state index in [1.165, 1.54) is 109 Å². The quantitative estimate of drug-likeness (QED) is 0.0210. The number of esters is 3. The zero-order valence-electron chi connectivity index (χ0n) is 35.8. The van der Waals surface area contributed by atoms with E-state index in [1.54, 1.807) is 0 Å². The van der Waals surface area contributed by atoms with Crippen LogP contribution in [0.5, 0.6) is 0 Å². The minimum atomic E-state index is -0.796. The summed E-state index contributed by atoms with van der Waals surface area (Å²) < 4.78 is 16.6. The molecule has 0 spiro atoms. The highest BCUT2D eigenvalue weighted by Gasteiger charge is 2.19. The molecule has 6 nitrogen and oxygen atoms in total. The van der Waals surface area contributed by atoms with E-state index in [9.17, 15) is 14.4 Å². The highest BCUT2D eigenvalue weighted by atomic mass is 32.1. The molecule has 0 bridgehead atoms. The van der Waals surface area contributed by atoms with Crippen molar-refractivity contribution in [1.29, 1.82) is 0 Å². The summed E-state index contributed by atoms with van der Waals surface area (Å²) in [5.74, 6) is -0.168. The summed E-state index contributed by atoms with van der Waals surface area (Å²) in [6.45, 7) is 4.31. The van der Waals surface area contributed by atoms with E-state index >= 15 is 0 Å². The number of carbonyl (C=O) groups is 3. The Labute approximate surface area is 350 Å². The van der Waals surface area contributed by atoms with Gasteiger partial charge < -0.3 is 14.2 Å². The monoisotopic (exact) mass is 811 g/mol. The molecule has 0 saturated carbocycles. The lowest BCUT2D eigenvalue weighted by Crippen LogP contribution is -2.30. The summed E-state index contributed by atoms with van der Waals surface area (Å²) in [4.78, 5) is 37.6.